The molecule has 1 fully saturated rings. The first-order chi connectivity index (χ1) is 5.38. The average Bonchev–Trinajstić information content (AvgIpc) is 2.77. The fraction of sp³-hybridized carbons (Fsp3) is 1.00. The van der Waals surface area contributed by atoms with Gasteiger partial charge in [0.15, 0.2) is 0 Å². The summed E-state index contributed by atoms with van der Waals surface area (Å²) in [5.41, 5.74) is 0. The van der Waals surface area contributed by atoms with Gasteiger partial charge in [-0.1, -0.05) is 13.3 Å². The third-order valence-corrected chi connectivity index (χ3v) is 3.08. The van der Waals surface area contributed by atoms with Crippen LogP contribution in [0.2, 0.25) is 0 Å². The minimum absolute atomic E-state index is 0.877. The van der Waals surface area contributed by atoms with Crippen molar-refractivity contribution in [1.29, 1.82) is 0 Å². The van der Waals surface area contributed by atoms with Crippen molar-refractivity contribution in [1.82, 2.24) is 5.32 Å². The molecule has 0 radical (unpaired) electrons. The number of hydrogen-bond acceptors (Lipinski definition) is 2. The zero-order chi connectivity index (χ0) is 8.10. The zero-order valence-corrected chi connectivity index (χ0v) is 8.41. The van der Waals surface area contributed by atoms with Gasteiger partial charge in [0, 0.05) is 6.04 Å². The quantitative estimate of drug-likeness (QED) is 0.618. The highest BCUT2D eigenvalue weighted by molar-refractivity contribution is 7.98. The summed E-state index contributed by atoms with van der Waals surface area (Å²) in [4.78, 5) is 0. The fourth-order valence-electron chi connectivity index (χ4n) is 1.45. The Balaban J connectivity index is 1.82. The van der Waals surface area contributed by atoms with Crippen LogP contribution in [0.1, 0.15) is 26.2 Å². The SMILES string of the molecule is CCC1CC1NCCCSC. The standard InChI is InChI=1S/C9H19NS/c1-3-8-7-9(8)10-5-4-6-11-2/h8-10H,3-7H2,1-2H3. The van der Waals surface area contributed by atoms with E-state index in [1.54, 1.807) is 0 Å². The van der Waals surface area contributed by atoms with E-state index in [2.05, 4.69) is 18.5 Å². The molecule has 0 aliphatic heterocycles. The van der Waals surface area contributed by atoms with Crippen molar-refractivity contribution < 1.29 is 0 Å². The van der Waals surface area contributed by atoms with Crippen molar-refractivity contribution >= 4 is 11.8 Å². The maximum absolute atomic E-state index is 3.58. The van der Waals surface area contributed by atoms with E-state index in [-0.39, 0.29) is 0 Å². The van der Waals surface area contributed by atoms with Gasteiger partial charge in [-0.2, -0.15) is 11.8 Å². The Morgan fingerprint density at radius 2 is 2.36 bits per heavy atom. The summed E-state index contributed by atoms with van der Waals surface area (Å²) in [7, 11) is 0. The van der Waals surface area contributed by atoms with Gasteiger partial charge in [-0.25, -0.2) is 0 Å². The lowest BCUT2D eigenvalue weighted by Gasteiger charge is -2.01. The number of thioether (sulfide) groups is 1. The van der Waals surface area contributed by atoms with E-state index >= 15 is 0 Å². The van der Waals surface area contributed by atoms with Crippen molar-refractivity contribution in [3.8, 4) is 0 Å². The Hall–Kier alpha value is 0.310. The normalized spacial score (nSPS) is 28.9. The van der Waals surface area contributed by atoms with Crippen LogP contribution in [0, 0.1) is 5.92 Å². The van der Waals surface area contributed by atoms with Crippen molar-refractivity contribution in [2.24, 2.45) is 5.92 Å². The fourth-order valence-corrected chi connectivity index (χ4v) is 1.89. The van der Waals surface area contributed by atoms with Gasteiger partial charge in [0.1, 0.15) is 0 Å². The summed E-state index contributed by atoms with van der Waals surface area (Å²) in [5.74, 6) is 2.31. The molecule has 2 unspecified atom stereocenters. The highest BCUT2D eigenvalue weighted by atomic mass is 32.2. The molecule has 0 aromatic rings. The monoisotopic (exact) mass is 173 g/mol. The van der Waals surface area contributed by atoms with E-state index in [0.29, 0.717) is 0 Å². The second-order valence-electron chi connectivity index (χ2n) is 3.31. The number of nitrogens with one attached hydrogen (secondary N) is 1. The van der Waals surface area contributed by atoms with Crippen LogP contribution in [0.15, 0.2) is 0 Å². The second kappa shape index (κ2) is 5.04. The van der Waals surface area contributed by atoms with Crippen molar-refractivity contribution in [2.75, 3.05) is 18.6 Å². The molecular weight excluding hydrogens is 154 g/mol. The van der Waals surface area contributed by atoms with Crippen LogP contribution in [0.25, 0.3) is 0 Å². The molecular formula is C9H19NS. The maximum atomic E-state index is 3.58. The lowest BCUT2D eigenvalue weighted by molar-refractivity contribution is 0.618. The molecule has 1 N–H and O–H groups in total. The first-order valence-electron chi connectivity index (χ1n) is 4.60. The van der Waals surface area contributed by atoms with Gasteiger partial charge < -0.3 is 5.32 Å². The summed E-state index contributed by atoms with van der Waals surface area (Å²) in [6.45, 7) is 3.51. The predicted molar refractivity (Wildman–Crippen MR) is 53.2 cm³/mol. The van der Waals surface area contributed by atoms with E-state index in [1.165, 1.54) is 31.6 Å². The molecule has 0 aromatic carbocycles. The van der Waals surface area contributed by atoms with Crippen LogP contribution in [0.5, 0.6) is 0 Å². The molecule has 1 rings (SSSR count). The Kier molecular flexibility index (Phi) is 4.31. The van der Waals surface area contributed by atoms with Gasteiger partial charge in [-0.3, -0.25) is 0 Å². The molecule has 0 aromatic heterocycles. The minimum Gasteiger partial charge on any atom is -0.314 e. The van der Waals surface area contributed by atoms with E-state index in [9.17, 15) is 0 Å². The zero-order valence-electron chi connectivity index (χ0n) is 7.60. The molecule has 0 heterocycles. The molecule has 2 atom stereocenters. The molecule has 0 amide bonds. The average molecular weight is 173 g/mol. The van der Waals surface area contributed by atoms with Gasteiger partial charge in [0.25, 0.3) is 0 Å². The lowest BCUT2D eigenvalue weighted by Crippen LogP contribution is -2.19. The van der Waals surface area contributed by atoms with E-state index < -0.39 is 0 Å². The number of rotatable bonds is 6. The molecule has 1 aliphatic carbocycles. The minimum atomic E-state index is 0.877. The van der Waals surface area contributed by atoms with Crippen LogP contribution >= 0.6 is 11.8 Å². The Labute approximate surface area is 74.3 Å². The van der Waals surface area contributed by atoms with Crippen molar-refractivity contribution in [3.05, 3.63) is 0 Å². The summed E-state index contributed by atoms with van der Waals surface area (Å²) in [6.07, 6.45) is 6.29. The molecule has 66 valence electrons. The smallest absolute Gasteiger partial charge is 0.00990 e. The largest absolute Gasteiger partial charge is 0.314 e. The molecule has 0 spiro atoms. The molecule has 11 heavy (non-hydrogen) atoms. The predicted octanol–water partition coefficient (Wildman–Crippen LogP) is 2.13. The van der Waals surface area contributed by atoms with Crippen LogP contribution in [-0.4, -0.2) is 24.6 Å². The maximum Gasteiger partial charge on any atom is 0.00990 e. The molecule has 2 heteroatoms. The highest BCUT2D eigenvalue weighted by Gasteiger charge is 2.34. The third kappa shape index (κ3) is 3.48. The Bertz CT molecular complexity index is 106. The molecule has 1 saturated carbocycles. The van der Waals surface area contributed by atoms with Gasteiger partial charge in [0.2, 0.25) is 0 Å². The molecule has 0 saturated heterocycles. The molecule has 1 aliphatic rings. The highest BCUT2D eigenvalue weighted by Crippen LogP contribution is 2.32. The summed E-state index contributed by atoms with van der Waals surface area (Å²) in [6, 6.07) is 0.877. The van der Waals surface area contributed by atoms with Gasteiger partial charge in [-0.05, 0) is 37.3 Å². The van der Waals surface area contributed by atoms with Crippen molar-refractivity contribution in [3.63, 3.8) is 0 Å². The topological polar surface area (TPSA) is 12.0 Å². The van der Waals surface area contributed by atoms with Crippen LogP contribution in [-0.2, 0) is 0 Å². The van der Waals surface area contributed by atoms with Gasteiger partial charge in [0.05, 0.1) is 0 Å². The van der Waals surface area contributed by atoms with Crippen LogP contribution in [0.3, 0.4) is 0 Å². The molecule has 0 bridgehead atoms. The first kappa shape index (κ1) is 9.40. The third-order valence-electron chi connectivity index (χ3n) is 2.38. The summed E-state index contributed by atoms with van der Waals surface area (Å²) < 4.78 is 0. The summed E-state index contributed by atoms with van der Waals surface area (Å²) in [5, 5.41) is 3.58. The van der Waals surface area contributed by atoms with E-state index in [4.69, 9.17) is 0 Å². The number of hydrogen-bond donors (Lipinski definition) is 1. The Morgan fingerprint density at radius 1 is 1.55 bits per heavy atom. The van der Waals surface area contributed by atoms with Crippen molar-refractivity contribution in [2.45, 2.75) is 32.2 Å². The van der Waals surface area contributed by atoms with Gasteiger partial charge >= 0.3 is 0 Å². The Morgan fingerprint density at radius 3 is 2.91 bits per heavy atom. The van der Waals surface area contributed by atoms with Crippen LogP contribution in [0.4, 0.5) is 0 Å². The van der Waals surface area contributed by atoms with Crippen LogP contribution < -0.4 is 5.32 Å². The van der Waals surface area contributed by atoms with Gasteiger partial charge in [-0.15, -0.1) is 0 Å². The second-order valence-corrected chi connectivity index (χ2v) is 4.30. The van der Waals surface area contributed by atoms with E-state index in [0.717, 1.165) is 12.0 Å². The van der Waals surface area contributed by atoms with E-state index in [1.807, 2.05) is 11.8 Å². The molecule has 1 nitrogen and oxygen atoms in total. The lowest BCUT2D eigenvalue weighted by atomic mass is 10.3. The first-order valence-corrected chi connectivity index (χ1v) is 6.00. The summed E-state index contributed by atoms with van der Waals surface area (Å²) >= 11 is 1.94.